The highest BCUT2D eigenvalue weighted by Crippen LogP contribution is 2.25. The first-order valence-electron chi connectivity index (χ1n) is 12.0. The Hall–Kier alpha value is -3.80. The van der Waals surface area contributed by atoms with E-state index >= 15 is 0 Å². The van der Waals surface area contributed by atoms with E-state index in [2.05, 4.69) is 49.0 Å². The lowest BCUT2D eigenvalue weighted by molar-refractivity contribution is -0.118. The number of amides is 1. The van der Waals surface area contributed by atoms with Crippen molar-refractivity contribution in [2.75, 3.05) is 43.4 Å². The van der Waals surface area contributed by atoms with Crippen LogP contribution in [-0.2, 0) is 11.2 Å². The van der Waals surface area contributed by atoms with Gasteiger partial charge < -0.3 is 20.9 Å². The summed E-state index contributed by atoms with van der Waals surface area (Å²) in [4.78, 5) is 23.5. The van der Waals surface area contributed by atoms with Crippen LogP contribution in [0.2, 0.25) is 0 Å². The average molecular weight is 470 g/mol. The third-order valence-electron chi connectivity index (χ3n) is 6.01. The van der Waals surface area contributed by atoms with Crippen LogP contribution in [0.25, 0.3) is 11.3 Å². The largest absolute Gasteiger partial charge is 0.325 e. The zero-order valence-corrected chi connectivity index (χ0v) is 20.2. The van der Waals surface area contributed by atoms with E-state index in [4.69, 9.17) is 0 Å². The second kappa shape index (κ2) is 11.6. The van der Waals surface area contributed by atoms with Gasteiger partial charge in [0.1, 0.15) is 6.07 Å². The zero-order valence-electron chi connectivity index (χ0n) is 20.2. The number of anilines is 3. The molecule has 8 nitrogen and oxygen atoms in total. The maximum absolute atomic E-state index is 12.0. The van der Waals surface area contributed by atoms with E-state index in [0.29, 0.717) is 22.9 Å². The minimum atomic E-state index is -0.169. The number of nitrogens with one attached hydrogen (secondary N) is 3. The van der Waals surface area contributed by atoms with E-state index in [0.717, 1.165) is 50.4 Å². The number of piperazine rings is 1. The van der Waals surface area contributed by atoms with E-state index < -0.39 is 0 Å². The van der Waals surface area contributed by atoms with Gasteiger partial charge in [-0.25, -0.2) is 9.97 Å². The van der Waals surface area contributed by atoms with Crippen LogP contribution in [0.5, 0.6) is 0 Å². The molecule has 1 saturated heterocycles. The molecule has 3 aromatic rings. The summed E-state index contributed by atoms with van der Waals surface area (Å²) < 4.78 is 0. The molecule has 1 aromatic heterocycles. The topological polar surface area (TPSA) is 106 Å². The molecule has 8 heteroatoms. The number of benzene rings is 2. The van der Waals surface area contributed by atoms with Gasteiger partial charge in [-0.3, -0.25) is 4.79 Å². The highest BCUT2D eigenvalue weighted by molar-refractivity contribution is 5.93. The summed E-state index contributed by atoms with van der Waals surface area (Å²) in [6, 6.07) is 17.6. The molecule has 2 heterocycles. The van der Waals surface area contributed by atoms with Gasteiger partial charge in [-0.15, -0.1) is 0 Å². The Morgan fingerprint density at radius 3 is 2.63 bits per heavy atom. The number of hydrogen-bond acceptors (Lipinski definition) is 7. The van der Waals surface area contributed by atoms with Crippen molar-refractivity contribution in [2.45, 2.75) is 20.3 Å². The fraction of sp³-hybridized carbons (Fsp3) is 0.333. The highest BCUT2D eigenvalue weighted by Gasteiger charge is 2.13. The normalized spacial score (nSPS) is 13.9. The number of nitrogens with zero attached hydrogens (tertiary/aromatic N) is 4. The van der Waals surface area contributed by atoms with Gasteiger partial charge in [0.2, 0.25) is 11.9 Å². The molecule has 0 bridgehead atoms. The molecular weight excluding hydrogens is 438 g/mol. The minimum Gasteiger partial charge on any atom is -0.325 e. The van der Waals surface area contributed by atoms with Crippen molar-refractivity contribution in [3.63, 3.8) is 0 Å². The van der Waals surface area contributed by atoms with Crippen LogP contribution in [0.3, 0.4) is 0 Å². The van der Waals surface area contributed by atoms with E-state index in [1.807, 2.05) is 32.0 Å². The third kappa shape index (κ3) is 6.63. The van der Waals surface area contributed by atoms with Crippen LogP contribution in [-0.4, -0.2) is 53.5 Å². The van der Waals surface area contributed by atoms with Gasteiger partial charge in [-0.2, -0.15) is 5.26 Å². The summed E-state index contributed by atoms with van der Waals surface area (Å²) in [5.74, 6) is 0.183. The molecule has 0 spiro atoms. The maximum atomic E-state index is 12.0. The molecule has 0 radical (unpaired) electrons. The number of aromatic nitrogens is 2. The van der Waals surface area contributed by atoms with Gasteiger partial charge in [0.25, 0.3) is 0 Å². The molecule has 4 rings (SSSR count). The van der Waals surface area contributed by atoms with Crippen molar-refractivity contribution in [3.05, 3.63) is 65.9 Å². The summed E-state index contributed by atoms with van der Waals surface area (Å²) in [5.41, 5.74) is 4.57. The molecule has 0 unspecified atom stereocenters. The molecular formula is C27H31N7O. The molecule has 0 atom stereocenters. The van der Waals surface area contributed by atoms with Crippen molar-refractivity contribution in [3.8, 4) is 17.3 Å². The van der Waals surface area contributed by atoms with E-state index in [1.165, 1.54) is 5.56 Å². The Morgan fingerprint density at radius 1 is 1.14 bits per heavy atom. The van der Waals surface area contributed by atoms with Crippen LogP contribution < -0.4 is 16.0 Å². The lowest BCUT2D eigenvalue weighted by Gasteiger charge is -2.27. The average Bonchev–Trinajstić information content (AvgIpc) is 2.89. The Kier molecular flexibility index (Phi) is 8.03. The Morgan fingerprint density at radius 2 is 1.91 bits per heavy atom. The molecule has 1 amide bonds. The van der Waals surface area contributed by atoms with Crippen molar-refractivity contribution < 1.29 is 4.79 Å². The molecule has 2 aromatic carbocycles. The molecule has 0 saturated carbocycles. The van der Waals surface area contributed by atoms with Crippen LogP contribution in [0.15, 0.2) is 54.7 Å². The second-order valence-electron chi connectivity index (χ2n) is 8.95. The van der Waals surface area contributed by atoms with Crippen LogP contribution in [0, 0.1) is 17.2 Å². The SMILES string of the molecule is CC(C)C(=O)Nc1ccc(-c2ccnc(Nc3ccc(CCN4CCNCC4)cc3)n2)cc1C#N. The number of hydrogen-bond donors (Lipinski definition) is 3. The number of carbonyl (C=O) groups is 1. The maximum Gasteiger partial charge on any atom is 0.227 e. The van der Waals surface area contributed by atoms with E-state index in [1.54, 1.807) is 24.4 Å². The Labute approximate surface area is 206 Å². The molecule has 35 heavy (non-hydrogen) atoms. The quantitative estimate of drug-likeness (QED) is 0.461. The molecule has 180 valence electrons. The van der Waals surface area contributed by atoms with Crippen LogP contribution in [0.4, 0.5) is 17.3 Å². The van der Waals surface area contributed by atoms with Gasteiger partial charge in [-0.05, 0) is 42.3 Å². The summed E-state index contributed by atoms with van der Waals surface area (Å²) in [7, 11) is 0. The lowest BCUT2D eigenvalue weighted by atomic mass is 10.1. The molecule has 0 aliphatic carbocycles. The zero-order chi connectivity index (χ0) is 24.6. The fourth-order valence-electron chi connectivity index (χ4n) is 3.87. The molecule has 1 aliphatic heterocycles. The van der Waals surface area contributed by atoms with Crippen LogP contribution in [0.1, 0.15) is 25.0 Å². The number of rotatable bonds is 8. The minimum absolute atomic E-state index is 0.127. The Bertz CT molecular complexity index is 1190. The van der Waals surface area contributed by atoms with E-state index in [-0.39, 0.29) is 11.8 Å². The molecule has 1 aliphatic rings. The second-order valence-corrected chi connectivity index (χ2v) is 8.95. The van der Waals surface area contributed by atoms with Crippen molar-refractivity contribution in [2.24, 2.45) is 5.92 Å². The van der Waals surface area contributed by atoms with E-state index in [9.17, 15) is 10.1 Å². The summed E-state index contributed by atoms with van der Waals surface area (Å²) in [5, 5.41) is 19.0. The monoisotopic (exact) mass is 469 g/mol. The molecule has 3 N–H and O–H groups in total. The van der Waals surface area contributed by atoms with Crippen molar-refractivity contribution in [1.29, 1.82) is 5.26 Å². The van der Waals surface area contributed by atoms with Crippen molar-refractivity contribution in [1.82, 2.24) is 20.2 Å². The Balaban J connectivity index is 1.41. The van der Waals surface area contributed by atoms with Gasteiger partial charge >= 0.3 is 0 Å². The number of nitriles is 1. The fourth-order valence-corrected chi connectivity index (χ4v) is 3.87. The highest BCUT2D eigenvalue weighted by atomic mass is 16.1. The first kappa shape index (κ1) is 24.3. The standard InChI is InChI=1S/C27H31N7O/c1-19(2)26(35)32-24-8-5-21(17-22(24)18-28)25-9-11-30-27(33-25)31-23-6-3-20(4-7-23)10-14-34-15-12-29-13-16-34/h3-9,11,17,19,29H,10,12-16H2,1-2H3,(H,32,35)(H,30,31,33). The van der Waals surface area contributed by atoms with Gasteiger partial charge in [0, 0.05) is 56.1 Å². The number of carbonyl (C=O) groups excluding carboxylic acids is 1. The first-order valence-corrected chi connectivity index (χ1v) is 12.0. The lowest BCUT2D eigenvalue weighted by Crippen LogP contribution is -2.44. The van der Waals surface area contributed by atoms with Crippen LogP contribution >= 0.6 is 0 Å². The van der Waals surface area contributed by atoms with Gasteiger partial charge in [-0.1, -0.05) is 32.0 Å². The smallest absolute Gasteiger partial charge is 0.227 e. The van der Waals surface area contributed by atoms with Crippen molar-refractivity contribution >= 4 is 23.2 Å². The summed E-state index contributed by atoms with van der Waals surface area (Å²) in [6.45, 7) is 9.05. The molecule has 1 fully saturated rings. The predicted molar refractivity (Wildman–Crippen MR) is 138 cm³/mol. The van der Waals surface area contributed by atoms with Gasteiger partial charge in [0.05, 0.1) is 16.9 Å². The summed E-state index contributed by atoms with van der Waals surface area (Å²) in [6.07, 6.45) is 2.72. The first-order chi connectivity index (χ1) is 17.0. The third-order valence-corrected chi connectivity index (χ3v) is 6.01. The predicted octanol–water partition coefficient (Wildman–Crippen LogP) is 3.80. The summed E-state index contributed by atoms with van der Waals surface area (Å²) >= 11 is 0. The van der Waals surface area contributed by atoms with Gasteiger partial charge in [0.15, 0.2) is 0 Å².